The van der Waals surface area contributed by atoms with Crippen molar-refractivity contribution >= 4 is 49.1 Å². The molecule has 0 spiro atoms. The standard InChI is InChI=1S/C15H14Br2ClN/c1-2-14(10-4-3-5-12(18)8-10)19-15-9-11(16)6-7-13(15)17/h3-9,14,19H,2H2,1H3. The second kappa shape index (κ2) is 6.78. The fourth-order valence-electron chi connectivity index (χ4n) is 1.94. The predicted molar refractivity (Wildman–Crippen MR) is 89.9 cm³/mol. The van der Waals surface area contributed by atoms with Crippen LogP contribution in [0.5, 0.6) is 0 Å². The molecule has 1 nitrogen and oxygen atoms in total. The van der Waals surface area contributed by atoms with Crippen molar-refractivity contribution in [2.24, 2.45) is 0 Å². The van der Waals surface area contributed by atoms with Gasteiger partial charge in [0.15, 0.2) is 0 Å². The molecule has 1 unspecified atom stereocenters. The molecule has 0 aromatic heterocycles. The van der Waals surface area contributed by atoms with Gasteiger partial charge in [-0.1, -0.05) is 46.6 Å². The van der Waals surface area contributed by atoms with Gasteiger partial charge in [0, 0.05) is 14.0 Å². The maximum Gasteiger partial charge on any atom is 0.0512 e. The van der Waals surface area contributed by atoms with Crippen LogP contribution in [0.15, 0.2) is 51.4 Å². The Kier molecular flexibility index (Phi) is 5.31. The third kappa shape index (κ3) is 3.98. The van der Waals surface area contributed by atoms with Gasteiger partial charge in [-0.05, 0) is 58.2 Å². The summed E-state index contributed by atoms with van der Waals surface area (Å²) in [5, 5.41) is 4.32. The van der Waals surface area contributed by atoms with E-state index in [1.807, 2.05) is 30.3 Å². The number of hydrogen-bond acceptors (Lipinski definition) is 1. The first-order chi connectivity index (χ1) is 9.10. The van der Waals surface area contributed by atoms with Crippen molar-refractivity contribution in [2.75, 3.05) is 5.32 Å². The number of anilines is 1. The Hall–Kier alpha value is -0.510. The van der Waals surface area contributed by atoms with Crippen molar-refractivity contribution in [1.29, 1.82) is 0 Å². The van der Waals surface area contributed by atoms with Crippen molar-refractivity contribution in [3.8, 4) is 0 Å². The Bertz CT molecular complexity index is 572. The lowest BCUT2D eigenvalue weighted by atomic mass is 10.0. The van der Waals surface area contributed by atoms with Crippen molar-refractivity contribution < 1.29 is 0 Å². The molecule has 0 fully saturated rings. The molecular weight excluding hydrogens is 389 g/mol. The van der Waals surface area contributed by atoms with Crippen LogP contribution < -0.4 is 5.32 Å². The van der Waals surface area contributed by atoms with E-state index in [4.69, 9.17) is 11.6 Å². The molecule has 19 heavy (non-hydrogen) atoms. The summed E-state index contributed by atoms with van der Waals surface area (Å²) in [5.41, 5.74) is 2.27. The number of halogens is 3. The highest BCUT2D eigenvalue weighted by Gasteiger charge is 2.11. The topological polar surface area (TPSA) is 12.0 Å². The molecule has 0 aliphatic carbocycles. The predicted octanol–water partition coefficient (Wildman–Crippen LogP) is 6.43. The van der Waals surface area contributed by atoms with Gasteiger partial charge in [0.1, 0.15) is 0 Å². The lowest BCUT2D eigenvalue weighted by Crippen LogP contribution is -2.10. The van der Waals surface area contributed by atoms with E-state index < -0.39 is 0 Å². The molecule has 0 radical (unpaired) electrons. The van der Waals surface area contributed by atoms with Crippen LogP contribution in [-0.2, 0) is 0 Å². The number of nitrogens with one attached hydrogen (secondary N) is 1. The van der Waals surface area contributed by atoms with Gasteiger partial charge in [0.05, 0.1) is 11.7 Å². The van der Waals surface area contributed by atoms with Crippen LogP contribution in [0.25, 0.3) is 0 Å². The van der Waals surface area contributed by atoms with Crippen molar-refractivity contribution in [2.45, 2.75) is 19.4 Å². The average Bonchev–Trinajstić information content (AvgIpc) is 2.39. The Morgan fingerprint density at radius 1 is 1.16 bits per heavy atom. The molecule has 2 aromatic rings. The minimum Gasteiger partial charge on any atom is -0.377 e. The third-order valence-electron chi connectivity index (χ3n) is 2.92. The quantitative estimate of drug-likeness (QED) is 0.620. The number of rotatable bonds is 4. The van der Waals surface area contributed by atoms with Gasteiger partial charge in [-0.25, -0.2) is 0 Å². The van der Waals surface area contributed by atoms with E-state index in [0.717, 1.165) is 26.1 Å². The van der Waals surface area contributed by atoms with Gasteiger partial charge >= 0.3 is 0 Å². The summed E-state index contributed by atoms with van der Waals surface area (Å²) in [7, 11) is 0. The zero-order valence-electron chi connectivity index (χ0n) is 10.5. The molecular formula is C15H14Br2ClN. The highest BCUT2D eigenvalue weighted by molar-refractivity contribution is 9.11. The van der Waals surface area contributed by atoms with E-state index in [1.54, 1.807) is 0 Å². The van der Waals surface area contributed by atoms with Gasteiger partial charge in [-0.15, -0.1) is 0 Å². The van der Waals surface area contributed by atoms with E-state index in [0.29, 0.717) is 0 Å². The zero-order valence-corrected chi connectivity index (χ0v) is 14.4. The number of benzene rings is 2. The van der Waals surface area contributed by atoms with Crippen LogP contribution in [0.2, 0.25) is 5.02 Å². The maximum absolute atomic E-state index is 6.06. The second-order valence-electron chi connectivity index (χ2n) is 4.28. The first-order valence-electron chi connectivity index (χ1n) is 6.07. The molecule has 0 aliphatic heterocycles. The normalized spacial score (nSPS) is 12.2. The van der Waals surface area contributed by atoms with Gasteiger partial charge < -0.3 is 5.32 Å². The summed E-state index contributed by atoms with van der Waals surface area (Å²) < 4.78 is 2.11. The van der Waals surface area contributed by atoms with E-state index >= 15 is 0 Å². The van der Waals surface area contributed by atoms with Crippen LogP contribution in [-0.4, -0.2) is 0 Å². The van der Waals surface area contributed by atoms with Crippen LogP contribution in [0.4, 0.5) is 5.69 Å². The lowest BCUT2D eigenvalue weighted by Gasteiger charge is -2.20. The van der Waals surface area contributed by atoms with E-state index in [9.17, 15) is 0 Å². The largest absolute Gasteiger partial charge is 0.377 e. The van der Waals surface area contributed by atoms with Crippen LogP contribution >= 0.6 is 43.5 Å². The Morgan fingerprint density at radius 2 is 1.95 bits per heavy atom. The molecule has 2 rings (SSSR count). The zero-order chi connectivity index (χ0) is 13.8. The minimum atomic E-state index is 0.240. The van der Waals surface area contributed by atoms with Crippen molar-refractivity contribution in [3.63, 3.8) is 0 Å². The summed E-state index contributed by atoms with van der Waals surface area (Å²) in [4.78, 5) is 0. The Morgan fingerprint density at radius 3 is 2.63 bits per heavy atom. The summed E-state index contributed by atoms with van der Waals surface area (Å²) >= 11 is 13.1. The maximum atomic E-state index is 6.06. The average molecular weight is 404 g/mol. The Labute approximate surface area is 135 Å². The summed E-state index contributed by atoms with van der Waals surface area (Å²) in [6.45, 7) is 2.16. The molecule has 0 saturated heterocycles. The molecule has 2 aromatic carbocycles. The Balaban J connectivity index is 2.26. The van der Waals surface area contributed by atoms with Gasteiger partial charge in [-0.3, -0.25) is 0 Å². The van der Waals surface area contributed by atoms with Crippen LogP contribution in [0.3, 0.4) is 0 Å². The molecule has 4 heteroatoms. The van der Waals surface area contributed by atoms with Crippen molar-refractivity contribution in [3.05, 3.63) is 62.0 Å². The fourth-order valence-corrected chi connectivity index (χ4v) is 2.86. The molecule has 0 heterocycles. The van der Waals surface area contributed by atoms with Crippen LogP contribution in [0, 0.1) is 0 Å². The summed E-state index contributed by atoms with van der Waals surface area (Å²) in [6, 6.07) is 14.3. The fraction of sp³-hybridized carbons (Fsp3) is 0.200. The lowest BCUT2D eigenvalue weighted by molar-refractivity contribution is 0.749. The minimum absolute atomic E-state index is 0.240. The summed E-state index contributed by atoms with van der Waals surface area (Å²) in [6.07, 6.45) is 0.985. The first-order valence-corrected chi connectivity index (χ1v) is 8.03. The second-order valence-corrected chi connectivity index (χ2v) is 6.49. The monoisotopic (exact) mass is 401 g/mol. The van der Waals surface area contributed by atoms with E-state index in [1.165, 1.54) is 5.56 Å². The molecule has 0 amide bonds. The molecule has 1 atom stereocenters. The van der Waals surface area contributed by atoms with Gasteiger partial charge in [0.2, 0.25) is 0 Å². The van der Waals surface area contributed by atoms with E-state index in [-0.39, 0.29) is 6.04 Å². The first kappa shape index (κ1) is 14.9. The van der Waals surface area contributed by atoms with Crippen LogP contribution in [0.1, 0.15) is 24.9 Å². The molecule has 0 aliphatic rings. The SMILES string of the molecule is CCC(Nc1cc(Br)ccc1Br)c1cccc(Cl)c1. The van der Waals surface area contributed by atoms with E-state index in [2.05, 4.69) is 56.2 Å². The van der Waals surface area contributed by atoms with Crippen molar-refractivity contribution in [1.82, 2.24) is 0 Å². The molecule has 100 valence electrons. The highest BCUT2D eigenvalue weighted by atomic mass is 79.9. The molecule has 0 saturated carbocycles. The third-order valence-corrected chi connectivity index (χ3v) is 4.34. The molecule has 0 bridgehead atoms. The smallest absolute Gasteiger partial charge is 0.0512 e. The summed E-state index contributed by atoms with van der Waals surface area (Å²) in [5.74, 6) is 0. The highest BCUT2D eigenvalue weighted by Crippen LogP contribution is 2.31. The van der Waals surface area contributed by atoms with Gasteiger partial charge in [-0.2, -0.15) is 0 Å². The molecule has 1 N–H and O–H groups in total. The number of hydrogen-bond donors (Lipinski definition) is 1. The van der Waals surface area contributed by atoms with Gasteiger partial charge in [0.25, 0.3) is 0 Å².